The quantitative estimate of drug-likeness (QED) is 0.838. The van der Waals surface area contributed by atoms with Crippen molar-refractivity contribution >= 4 is 17.4 Å². The lowest BCUT2D eigenvalue weighted by molar-refractivity contribution is -0.141. The van der Waals surface area contributed by atoms with Crippen molar-refractivity contribution in [3.8, 4) is 0 Å². The van der Waals surface area contributed by atoms with Gasteiger partial charge in [-0.05, 0) is 36.8 Å². The topological polar surface area (TPSA) is 37.8 Å². The zero-order valence-corrected chi connectivity index (χ0v) is 10.5. The molecule has 0 amide bonds. The summed E-state index contributed by atoms with van der Waals surface area (Å²) in [6, 6.07) is 1.06. The van der Waals surface area contributed by atoms with E-state index >= 15 is 0 Å². The number of alkyl halides is 3. The predicted molar refractivity (Wildman–Crippen MR) is 62.5 cm³/mol. The van der Waals surface area contributed by atoms with Gasteiger partial charge in [-0.3, -0.25) is 0 Å². The first kappa shape index (κ1) is 13.4. The normalized spacial score (nSPS) is 24.3. The molecule has 1 aromatic rings. The third-order valence-electron chi connectivity index (χ3n) is 3.04. The lowest BCUT2D eigenvalue weighted by Gasteiger charge is -2.14. The second-order valence-electron chi connectivity index (χ2n) is 4.66. The van der Waals surface area contributed by atoms with E-state index in [2.05, 4.69) is 22.2 Å². The Bertz CT molecular complexity index is 436. The molecule has 2 atom stereocenters. The molecule has 1 fully saturated rings. The standard InChI is InChI=1S/C11H13ClF3N3/c1-6-2-3-7(4-6)16-9-5-8(11(13,14)15)17-10(12)18-9/h5-7H,2-4H2,1H3,(H,16,17,18). The molecule has 0 radical (unpaired) electrons. The summed E-state index contributed by atoms with van der Waals surface area (Å²) in [7, 11) is 0. The SMILES string of the molecule is CC1CCC(Nc2cc(C(F)(F)F)nc(Cl)n2)C1. The summed E-state index contributed by atoms with van der Waals surface area (Å²) in [5.74, 6) is 0.725. The summed E-state index contributed by atoms with van der Waals surface area (Å²) >= 11 is 5.51. The van der Waals surface area contributed by atoms with Crippen LogP contribution >= 0.6 is 11.6 Å². The molecule has 0 bridgehead atoms. The molecule has 100 valence electrons. The van der Waals surface area contributed by atoms with Gasteiger partial charge in [0.1, 0.15) is 5.82 Å². The second kappa shape index (κ2) is 4.91. The summed E-state index contributed by atoms with van der Waals surface area (Å²) in [4.78, 5) is 6.96. The highest BCUT2D eigenvalue weighted by molar-refractivity contribution is 6.28. The molecule has 0 spiro atoms. The molecule has 1 heterocycles. The fourth-order valence-electron chi connectivity index (χ4n) is 2.18. The molecule has 0 saturated heterocycles. The second-order valence-corrected chi connectivity index (χ2v) is 5.00. The Balaban J connectivity index is 2.15. The van der Waals surface area contributed by atoms with Crippen molar-refractivity contribution < 1.29 is 13.2 Å². The Kier molecular flexibility index (Phi) is 3.66. The molecule has 1 saturated carbocycles. The lowest BCUT2D eigenvalue weighted by Crippen LogP contribution is -2.18. The number of aromatic nitrogens is 2. The van der Waals surface area contributed by atoms with E-state index in [1.807, 2.05) is 0 Å². The van der Waals surface area contributed by atoms with Crippen LogP contribution in [0.25, 0.3) is 0 Å². The molecule has 1 aromatic heterocycles. The molecule has 2 unspecified atom stereocenters. The minimum absolute atomic E-state index is 0.140. The van der Waals surface area contributed by atoms with Gasteiger partial charge in [-0.25, -0.2) is 9.97 Å². The Hall–Kier alpha value is -1.04. The zero-order chi connectivity index (χ0) is 13.3. The molecule has 1 aliphatic rings. The van der Waals surface area contributed by atoms with Crippen LogP contribution in [0.1, 0.15) is 31.9 Å². The molecule has 7 heteroatoms. The van der Waals surface area contributed by atoms with Crippen LogP contribution in [0, 0.1) is 5.92 Å². The summed E-state index contributed by atoms with van der Waals surface area (Å²) in [5, 5.41) is 2.60. The van der Waals surface area contributed by atoms with Gasteiger partial charge in [0.05, 0.1) is 0 Å². The van der Waals surface area contributed by atoms with E-state index in [1.54, 1.807) is 0 Å². The predicted octanol–water partition coefficient (Wildman–Crippen LogP) is 3.75. The summed E-state index contributed by atoms with van der Waals surface area (Å²) in [5.41, 5.74) is -1.02. The Labute approximate surface area is 108 Å². The first-order valence-electron chi connectivity index (χ1n) is 5.73. The van der Waals surface area contributed by atoms with Gasteiger partial charge in [0.25, 0.3) is 0 Å². The maximum atomic E-state index is 12.5. The van der Waals surface area contributed by atoms with Crippen LogP contribution in [-0.2, 0) is 6.18 Å². The number of hydrogen-bond donors (Lipinski definition) is 1. The van der Waals surface area contributed by atoms with Crippen molar-refractivity contribution in [1.82, 2.24) is 9.97 Å². The van der Waals surface area contributed by atoms with Gasteiger partial charge in [0.15, 0.2) is 5.69 Å². The number of nitrogens with zero attached hydrogens (tertiary/aromatic N) is 2. The highest BCUT2D eigenvalue weighted by Gasteiger charge is 2.34. The van der Waals surface area contributed by atoms with Gasteiger partial charge in [0, 0.05) is 12.1 Å². The van der Waals surface area contributed by atoms with Crippen LogP contribution in [0.5, 0.6) is 0 Å². The van der Waals surface area contributed by atoms with Crippen LogP contribution < -0.4 is 5.32 Å². The minimum Gasteiger partial charge on any atom is -0.367 e. The Morgan fingerprint density at radius 2 is 2.06 bits per heavy atom. The third kappa shape index (κ3) is 3.25. The number of halogens is 4. The van der Waals surface area contributed by atoms with Crippen molar-refractivity contribution in [3.05, 3.63) is 17.0 Å². The van der Waals surface area contributed by atoms with Crippen LogP contribution in [0.2, 0.25) is 5.28 Å². The third-order valence-corrected chi connectivity index (χ3v) is 3.21. The number of hydrogen-bond acceptors (Lipinski definition) is 3. The van der Waals surface area contributed by atoms with E-state index < -0.39 is 17.2 Å². The summed E-state index contributed by atoms with van der Waals surface area (Å²) in [6.45, 7) is 2.12. The van der Waals surface area contributed by atoms with E-state index in [4.69, 9.17) is 11.6 Å². The van der Waals surface area contributed by atoms with Gasteiger partial charge in [-0.15, -0.1) is 0 Å². The van der Waals surface area contributed by atoms with Crippen LogP contribution in [-0.4, -0.2) is 16.0 Å². The van der Waals surface area contributed by atoms with Gasteiger partial charge in [0.2, 0.25) is 5.28 Å². The maximum Gasteiger partial charge on any atom is 0.433 e. The molecule has 18 heavy (non-hydrogen) atoms. The van der Waals surface area contributed by atoms with E-state index in [-0.39, 0.29) is 11.9 Å². The molecule has 2 rings (SSSR count). The minimum atomic E-state index is -4.51. The van der Waals surface area contributed by atoms with E-state index in [0.717, 1.165) is 25.3 Å². The Morgan fingerprint density at radius 3 is 2.61 bits per heavy atom. The Morgan fingerprint density at radius 1 is 1.33 bits per heavy atom. The lowest BCUT2D eigenvalue weighted by atomic mass is 10.1. The van der Waals surface area contributed by atoms with E-state index in [9.17, 15) is 13.2 Å². The largest absolute Gasteiger partial charge is 0.433 e. The first-order valence-corrected chi connectivity index (χ1v) is 6.10. The van der Waals surface area contributed by atoms with Gasteiger partial charge >= 0.3 is 6.18 Å². The highest BCUT2D eigenvalue weighted by Crippen LogP contribution is 2.31. The average Bonchev–Trinajstić information content (AvgIpc) is 2.61. The van der Waals surface area contributed by atoms with Crippen LogP contribution in [0.3, 0.4) is 0 Å². The molecule has 1 N–H and O–H groups in total. The fraction of sp³-hybridized carbons (Fsp3) is 0.636. The number of rotatable bonds is 2. The summed E-state index contributed by atoms with van der Waals surface area (Å²) in [6.07, 6.45) is -1.57. The van der Waals surface area contributed by atoms with Gasteiger partial charge in [-0.2, -0.15) is 13.2 Å². The van der Waals surface area contributed by atoms with E-state index in [1.165, 1.54) is 0 Å². The molecule has 0 aromatic carbocycles. The maximum absolute atomic E-state index is 12.5. The molecular weight excluding hydrogens is 267 g/mol. The fourth-order valence-corrected chi connectivity index (χ4v) is 2.37. The molecule has 0 aliphatic heterocycles. The number of anilines is 1. The van der Waals surface area contributed by atoms with Crippen LogP contribution in [0.4, 0.5) is 19.0 Å². The van der Waals surface area contributed by atoms with Crippen molar-refractivity contribution in [2.45, 2.75) is 38.4 Å². The van der Waals surface area contributed by atoms with Crippen LogP contribution in [0.15, 0.2) is 6.07 Å². The molecule has 1 aliphatic carbocycles. The average molecular weight is 280 g/mol. The first-order chi connectivity index (χ1) is 8.34. The van der Waals surface area contributed by atoms with Crippen molar-refractivity contribution in [2.24, 2.45) is 5.92 Å². The molecular formula is C11H13ClF3N3. The summed E-state index contributed by atoms with van der Waals surface area (Å²) < 4.78 is 37.6. The van der Waals surface area contributed by atoms with E-state index in [0.29, 0.717) is 5.92 Å². The highest BCUT2D eigenvalue weighted by atomic mass is 35.5. The van der Waals surface area contributed by atoms with Crippen molar-refractivity contribution in [2.75, 3.05) is 5.32 Å². The van der Waals surface area contributed by atoms with Gasteiger partial charge in [-0.1, -0.05) is 6.92 Å². The van der Waals surface area contributed by atoms with Crippen molar-refractivity contribution in [1.29, 1.82) is 0 Å². The van der Waals surface area contributed by atoms with Crippen molar-refractivity contribution in [3.63, 3.8) is 0 Å². The monoisotopic (exact) mass is 279 g/mol. The molecule has 3 nitrogen and oxygen atoms in total. The zero-order valence-electron chi connectivity index (χ0n) is 9.76. The van der Waals surface area contributed by atoms with Gasteiger partial charge < -0.3 is 5.32 Å². The smallest absolute Gasteiger partial charge is 0.367 e. The number of nitrogens with one attached hydrogen (secondary N) is 1.